The Morgan fingerprint density at radius 1 is 1.13 bits per heavy atom. The summed E-state index contributed by atoms with van der Waals surface area (Å²) in [6, 6.07) is 7.54. The Labute approximate surface area is 135 Å². The van der Waals surface area contributed by atoms with Gasteiger partial charge in [-0.1, -0.05) is 12.1 Å². The average molecular weight is 315 g/mol. The zero-order valence-electron chi connectivity index (χ0n) is 13.3. The van der Waals surface area contributed by atoms with E-state index in [-0.39, 0.29) is 24.0 Å². The van der Waals surface area contributed by atoms with Gasteiger partial charge < -0.3 is 14.5 Å². The van der Waals surface area contributed by atoms with E-state index in [1.807, 2.05) is 24.3 Å². The summed E-state index contributed by atoms with van der Waals surface area (Å²) in [5.41, 5.74) is 1.03. The number of hydrogen-bond acceptors (Lipinski definition) is 4. The molecule has 0 bridgehead atoms. The van der Waals surface area contributed by atoms with Crippen molar-refractivity contribution in [3.05, 3.63) is 24.3 Å². The highest BCUT2D eigenvalue weighted by molar-refractivity contribution is 6.05. The number of imide groups is 1. The molecule has 0 aromatic heterocycles. The highest BCUT2D eigenvalue weighted by Crippen LogP contribution is 2.34. The zero-order chi connectivity index (χ0) is 16.0. The van der Waals surface area contributed by atoms with E-state index in [0.29, 0.717) is 13.1 Å². The molecule has 3 heterocycles. The molecule has 3 aliphatic heterocycles. The molecule has 4 rings (SSSR count). The van der Waals surface area contributed by atoms with Gasteiger partial charge >= 0.3 is 6.03 Å². The van der Waals surface area contributed by atoms with Crippen molar-refractivity contribution >= 4 is 17.6 Å². The highest BCUT2D eigenvalue weighted by atomic mass is 16.5. The Hall–Kier alpha value is -2.24. The number of hydrogen-bond donors (Lipinski definition) is 0. The van der Waals surface area contributed by atoms with E-state index in [1.165, 1.54) is 4.90 Å². The molecule has 2 atom stereocenters. The van der Waals surface area contributed by atoms with Gasteiger partial charge in [0.25, 0.3) is 5.91 Å². The minimum atomic E-state index is -0.206. The van der Waals surface area contributed by atoms with Crippen LogP contribution in [0.1, 0.15) is 19.3 Å². The first-order valence-corrected chi connectivity index (χ1v) is 8.22. The normalized spacial score (nSPS) is 27.1. The van der Waals surface area contributed by atoms with Gasteiger partial charge in [0.05, 0.1) is 18.8 Å². The lowest BCUT2D eigenvalue weighted by Gasteiger charge is -2.24. The second kappa shape index (κ2) is 5.44. The third-order valence-corrected chi connectivity index (χ3v) is 5.18. The van der Waals surface area contributed by atoms with E-state index in [4.69, 9.17) is 4.74 Å². The van der Waals surface area contributed by atoms with Crippen LogP contribution in [0.25, 0.3) is 0 Å². The van der Waals surface area contributed by atoms with Crippen molar-refractivity contribution in [3.63, 3.8) is 0 Å². The number of methoxy groups -OCH3 is 1. The van der Waals surface area contributed by atoms with Crippen LogP contribution in [-0.4, -0.2) is 60.6 Å². The summed E-state index contributed by atoms with van der Waals surface area (Å²) < 4.78 is 5.42. The number of nitrogens with zero attached hydrogens (tertiary/aromatic N) is 3. The second-order valence-electron chi connectivity index (χ2n) is 6.40. The van der Waals surface area contributed by atoms with Crippen LogP contribution in [0.3, 0.4) is 0 Å². The lowest BCUT2D eigenvalue weighted by molar-refractivity contribution is -0.129. The molecular weight excluding hydrogens is 294 g/mol. The highest BCUT2D eigenvalue weighted by Gasteiger charge is 2.50. The topological polar surface area (TPSA) is 53.1 Å². The Morgan fingerprint density at radius 2 is 1.96 bits per heavy atom. The van der Waals surface area contributed by atoms with Gasteiger partial charge in [-0.05, 0) is 31.4 Å². The number of carbonyl (C=O) groups excluding carboxylic acids is 2. The maximum Gasteiger partial charge on any atom is 0.327 e. The number of anilines is 1. The van der Waals surface area contributed by atoms with Gasteiger partial charge in [-0.2, -0.15) is 0 Å². The fourth-order valence-electron chi connectivity index (χ4n) is 4.04. The number of ether oxygens (including phenoxy) is 1. The molecule has 0 spiro atoms. The van der Waals surface area contributed by atoms with Gasteiger partial charge in [-0.3, -0.25) is 9.69 Å². The average Bonchev–Trinajstić information content (AvgIpc) is 3.27. The Balaban J connectivity index is 1.53. The molecular formula is C17H21N3O3. The predicted octanol–water partition coefficient (Wildman–Crippen LogP) is 1.70. The number of fused-ring (bicyclic) bond motifs is 1. The summed E-state index contributed by atoms with van der Waals surface area (Å²) >= 11 is 0. The molecule has 1 unspecified atom stereocenters. The third kappa shape index (κ3) is 2.16. The molecule has 0 radical (unpaired) electrons. The van der Waals surface area contributed by atoms with Crippen LogP contribution >= 0.6 is 0 Å². The first kappa shape index (κ1) is 14.4. The van der Waals surface area contributed by atoms with Crippen molar-refractivity contribution in [1.29, 1.82) is 0 Å². The fraction of sp³-hybridized carbons (Fsp3) is 0.529. The molecule has 3 fully saturated rings. The molecule has 3 amide bonds. The van der Waals surface area contributed by atoms with Crippen molar-refractivity contribution in [2.45, 2.75) is 31.3 Å². The number of amides is 3. The molecule has 6 nitrogen and oxygen atoms in total. The molecule has 122 valence electrons. The molecule has 3 saturated heterocycles. The number of benzene rings is 1. The van der Waals surface area contributed by atoms with Gasteiger partial charge in [0.2, 0.25) is 0 Å². The van der Waals surface area contributed by atoms with E-state index in [1.54, 1.807) is 12.0 Å². The van der Waals surface area contributed by atoms with Crippen LogP contribution in [0, 0.1) is 0 Å². The summed E-state index contributed by atoms with van der Waals surface area (Å²) in [5, 5.41) is 0. The van der Waals surface area contributed by atoms with Crippen molar-refractivity contribution < 1.29 is 14.3 Å². The molecule has 3 aliphatic rings. The fourth-order valence-corrected chi connectivity index (χ4v) is 4.04. The maximum atomic E-state index is 12.6. The van der Waals surface area contributed by atoms with E-state index in [2.05, 4.69) is 4.90 Å². The van der Waals surface area contributed by atoms with Crippen LogP contribution in [0.4, 0.5) is 10.5 Å². The minimum Gasteiger partial charge on any atom is -0.495 e. The number of rotatable bonds is 3. The molecule has 0 saturated carbocycles. The van der Waals surface area contributed by atoms with Crippen molar-refractivity contribution in [1.82, 2.24) is 9.80 Å². The van der Waals surface area contributed by atoms with Crippen LogP contribution in [0.15, 0.2) is 24.3 Å². The zero-order valence-corrected chi connectivity index (χ0v) is 13.3. The standard InChI is InChI=1S/C17H21N3O3/c1-23-15-7-3-2-5-13(15)18-10-8-12(11-18)20-16(21)14-6-4-9-19(14)17(20)22/h2-3,5,7,12,14H,4,6,8-11H2,1H3/t12?,14-/m0/s1. The van der Waals surface area contributed by atoms with Crippen LogP contribution < -0.4 is 9.64 Å². The lowest BCUT2D eigenvalue weighted by atomic mass is 10.2. The maximum absolute atomic E-state index is 12.6. The monoisotopic (exact) mass is 315 g/mol. The van der Waals surface area contributed by atoms with Crippen molar-refractivity contribution in [2.24, 2.45) is 0 Å². The predicted molar refractivity (Wildman–Crippen MR) is 85.6 cm³/mol. The largest absolute Gasteiger partial charge is 0.495 e. The summed E-state index contributed by atoms with van der Waals surface area (Å²) in [6.45, 7) is 2.22. The Kier molecular flexibility index (Phi) is 3.39. The molecule has 6 heteroatoms. The van der Waals surface area contributed by atoms with Gasteiger partial charge in [0, 0.05) is 19.6 Å². The molecule has 0 aliphatic carbocycles. The molecule has 1 aromatic rings. The van der Waals surface area contributed by atoms with Crippen molar-refractivity contribution in [3.8, 4) is 5.75 Å². The van der Waals surface area contributed by atoms with Crippen LogP contribution in [-0.2, 0) is 4.79 Å². The summed E-state index contributed by atoms with van der Waals surface area (Å²) in [4.78, 5) is 30.6. The van der Waals surface area contributed by atoms with Crippen molar-refractivity contribution in [2.75, 3.05) is 31.6 Å². The van der Waals surface area contributed by atoms with Gasteiger partial charge in [-0.15, -0.1) is 0 Å². The second-order valence-corrected chi connectivity index (χ2v) is 6.40. The quantitative estimate of drug-likeness (QED) is 0.797. The van der Waals surface area contributed by atoms with E-state index >= 15 is 0 Å². The smallest absolute Gasteiger partial charge is 0.327 e. The van der Waals surface area contributed by atoms with Gasteiger partial charge in [-0.25, -0.2) is 4.79 Å². The Bertz CT molecular complexity index is 626. The van der Waals surface area contributed by atoms with Crippen LogP contribution in [0.2, 0.25) is 0 Å². The van der Waals surface area contributed by atoms with E-state index < -0.39 is 0 Å². The number of urea groups is 1. The number of para-hydroxylation sites is 2. The SMILES string of the molecule is COc1ccccc1N1CCC(N2C(=O)[C@@H]3CCCN3C2=O)C1. The summed E-state index contributed by atoms with van der Waals surface area (Å²) in [6.07, 6.45) is 2.56. The molecule has 23 heavy (non-hydrogen) atoms. The number of carbonyl (C=O) groups is 2. The Morgan fingerprint density at radius 3 is 2.74 bits per heavy atom. The first-order valence-electron chi connectivity index (χ1n) is 8.22. The minimum absolute atomic E-state index is 0.000577. The molecule has 0 N–H and O–H groups in total. The summed E-state index contributed by atoms with van der Waals surface area (Å²) in [5.74, 6) is 0.826. The van der Waals surface area contributed by atoms with Gasteiger partial charge in [0.1, 0.15) is 11.8 Å². The van der Waals surface area contributed by atoms with Gasteiger partial charge in [0.15, 0.2) is 0 Å². The van der Waals surface area contributed by atoms with E-state index in [0.717, 1.165) is 37.2 Å². The molecule has 1 aromatic carbocycles. The first-order chi connectivity index (χ1) is 11.2. The van der Waals surface area contributed by atoms with E-state index in [9.17, 15) is 9.59 Å². The van der Waals surface area contributed by atoms with Crippen LogP contribution in [0.5, 0.6) is 5.75 Å². The third-order valence-electron chi connectivity index (χ3n) is 5.18. The lowest BCUT2D eigenvalue weighted by Crippen LogP contribution is -2.43. The summed E-state index contributed by atoms with van der Waals surface area (Å²) in [7, 11) is 1.66.